The number of aromatic carboxylic acids is 1. The van der Waals surface area contributed by atoms with E-state index >= 15 is 0 Å². The molecule has 0 heterocycles. The van der Waals surface area contributed by atoms with Crippen LogP contribution < -0.4 is 4.90 Å². The fourth-order valence-corrected chi connectivity index (χ4v) is 1.69. The van der Waals surface area contributed by atoms with Crippen LogP contribution in [0, 0.1) is 0 Å². The van der Waals surface area contributed by atoms with Gasteiger partial charge >= 0.3 is 12.1 Å². The topological polar surface area (TPSA) is 40.5 Å². The van der Waals surface area contributed by atoms with Crippen LogP contribution in [0.25, 0.3) is 0 Å². The number of alkyl halides is 3. The van der Waals surface area contributed by atoms with Crippen molar-refractivity contribution in [2.45, 2.75) is 12.6 Å². The van der Waals surface area contributed by atoms with Gasteiger partial charge in [0.25, 0.3) is 0 Å². The molecule has 0 aromatic heterocycles. The fraction of sp³-hybridized carbons (Fsp3) is 0.364. The van der Waals surface area contributed by atoms with Gasteiger partial charge in [-0.25, -0.2) is 4.79 Å². The van der Waals surface area contributed by atoms with E-state index in [4.69, 9.17) is 16.7 Å². The molecule has 0 aliphatic rings. The summed E-state index contributed by atoms with van der Waals surface area (Å²) in [6.07, 6.45) is -5.19. The number of carbonyl (C=O) groups is 1. The summed E-state index contributed by atoms with van der Waals surface area (Å²) in [4.78, 5) is 12.0. The number of benzene rings is 1. The minimum absolute atomic E-state index is 0.00651. The van der Waals surface area contributed by atoms with Crippen LogP contribution >= 0.6 is 11.6 Å². The van der Waals surface area contributed by atoms with Crippen molar-refractivity contribution < 1.29 is 23.1 Å². The average molecular weight is 282 g/mol. The molecule has 7 heteroatoms. The van der Waals surface area contributed by atoms with E-state index in [-0.39, 0.29) is 17.1 Å². The highest BCUT2D eigenvalue weighted by molar-refractivity contribution is 6.33. The van der Waals surface area contributed by atoms with Gasteiger partial charge in [0, 0.05) is 13.6 Å². The third-order valence-electron chi connectivity index (χ3n) is 2.34. The van der Waals surface area contributed by atoms with Gasteiger partial charge in [0.15, 0.2) is 0 Å². The lowest BCUT2D eigenvalue weighted by atomic mass is 10.2. The van der Waals surface area contributed by atoms with E-state index in [9.17, 15) is 18.0 Å². The number of nitrogens with zero attached hydrogens (tertiary/aromatic N) is 1. The van der Waals surface area contributed by atoms with E-state index < -0.39 is 18.6 Å². The van der Waals surface area contributed by atoms with Gasteiger partial charge in [0.2, 0.25) is 0 Å². The Morgan fingerprint density at radius 2 is 2.06 bits per heavy atom. The Balaban J connectivity index is 2.80. The quantitative estimate of drug-likeness (QED) is 0.919. The lowest BCUT2D eigenvalue weighted by molar-refractivity contribution is -0.132. The summed E-state index contributed by atoms with van der Waals surface area (Å²) in [5.74, 6) is -1.14. The van der Waals surface area contributed by atoms with Gasteiger partial charge in [-0.2, -0.15) is 13.2 Å². The second-order valence-corrected chi connectivity index (χ2v) is 4.17. The molecular weight excluding hydrogens is 271 g/mol. The number of anilines is 1. The highest BCUT2D eigenvalue weighted by Crippen LogP contribution is 2.28. The van der Waals surface area contributed by atoms with E-state index in [1.807, 2.05) is 0 Å². The van der Waals surface area contributed by atoms with Crippen molar-refractivity contribution in [2.24, 2.45) is 0 Å². The van der Waals surface area contributed by atoms with Crippen molar-refractivity contribution in [3.05, 3.63) is 28.8 Å². The van der Waals surface area contributed by atoms with Crippen LogP contribution in [0.15, 0.2) is 18.2 Å². The fourth-order valence-electron chi connectivity index (χ4n) is 1.36. The highest BCUT2D eigenvalue weighted by atomic mass is 35.5. The molecule has 0 aliphatic heterocycles. The van der Waals surface area contributed by atoms with Gasteiger partial charge in [-0.05, 0) is 18.2 Å². The van der Waals surface area contributed by atoms with E-state index in [2.05, 4.69) is 0 Å². The number of hydrogen-bond acceptors (Lipinski definition) is 2. The molecule has 0 aliphatic carbocycles. The molecule has 0 saturated heterocycles. The smallest absolute Gasteiger partial charge is 0.390 e. The lowest BCUT2D eigenvalue weighted by Crippen LogP contribution is -2.24. The normalized spacial score (nSPS) is 11.4. The summed E-state index contributed by atoms with van der Waals surface area (Å²) in [5, 5.41) is 8.84. The summed E-state index contributed by atoms with van der Waals surface area (Å²) < 4.78 is 36.2. The molecule has 0 unspecified atom stereocenters. The molecule has 0 saturated carbocycles. The standard InChI is InChI=1S/C11H11ClF3NO2/c1-16(5-4-11(13,14)15)9-3-2-7(10(17)18)6-8(9)12/h2-3,6H,4-5H2,1H3,(H,17,18). The first-order valence-corrected chi connectivity index (χ1v) is 5.39. The van der Waals surface area contributed by atoms with Crippen molar-refractivity contribution in [1.82, 2.24) is 0 Å². The van der Waals surface area contributed by atoms with Crippen molar-refractivity contribution in [2.75, 3.05) is 18.5 Å². The average Bonchev–Trinajstić information content (AvgIpc) is 2.24. The van der Waals surface area contributed by atoms with Crippen LogP contribution in [0.4, 0.5) is 18.9 Å². The van der Waals surface area contributed by atoms with Gasteiger partial charge in [0.1, 0.15) is 0 Å². The maximum absolute atomic E-state index is 12.1. The molecule has 0 atom stereocenters. The predicted molar refractivity (Wildman–Crippen MR) is 62.4 cm³/mol. The maximum atomic E-state index is 12.1. The molecular formula is C11H11ClF3NO2. The van der Waals surface area contributed by atoms with Gasteiger partial charge < -0.3 is 10.0 Å². The van der Waals surface area contributed by atoms with Crippen LogP contribution in [-0.4, -0.2) is 30.8 Å². The predicted octanol–water partition coefficient (Wildman–Crippen LogP) is 3.43. The molecule has 0 bridgehead atoms. The summed E-state index contributed by atoms with van der Waals surface area (Å²) >= 11 is 5.83. The van der Waals surface area contributed by atoms with Gasteiger partial charge in [0.05, 0.1) is 22.7 Å². The minimum Gasteiger partial charge on any atom is -0.478 e. The van der Waals surface area contributed by atoms with E-state index in [0.29, 0.717) is 5.69 Å². The number of rotatable bonds is 4. The van der Waals surface area contributed by atoms with Crippen molar-refractivity contribution in [3.63, 3.8) is 0 Å². The highest BCUT2D eigenvalue weighted by Gasteiger charge is 2.27. The maximum Gasteiger partial charge on any atom is 0.390 e. The first-order valence-electron chi connectivity index (χ1n) is 5.01. The molecule has 18 heavy (non-hydrogen) atoms. The number of hydrogen-bond donors (Lipinski definition) is 1. The Morgan fingerprint density at radius 1 is 1.44 bits per heavy atom. The Morgan fingerprint density at radius 3 is 2.50 bits per heavy atom. The van der Waals surface area contributed by atoms with Crippen molar-refractivity contribution in [1.29, 1.82) is 0 Å². The van der Waals surface area contributed by atoms with Crippen LogP contribution in [0.3, 0.4) is 0 Å². The molecule has 0 spiro atoms. The summed E-state index contributed by atoms with van der Waals surface area (Å²) in [6, 6.07) is 3.90. The molecule has 0 amide bonds. The van der Waals surface area contributed by atoms with Crippen LogP contribution in [0.5, 0.6) is 0 Å². The summed E-state index contributed by atoms with van der Waals surface area (Å²) in [7, 11) is 1.47. The zero-order valence-corrected chi connectivity index (χ0v) is 10.2. The lowest BCUT2D eigenvalue weighted by Gasteiger charge is -2.21. The third-order valence-corrected chi connectivity index (χ3v) is 2.64. The molecule has 1 N–H and O–H groups in total. The first-order chi connectivity index (χ1) is 8.20. The molecule has 3 nitrogen and oxygen atoms in total. The number of carboxylic acids is 1. The SMILES string of the molecule is CN(CCC(F)(F)F)c1ccc(C(=O)O)cc1Cl. The third kappa shape index (κ3) is 4.10. The van der Waals surface area contributed by atoms with Crippen LogP contribution in [0.1, 0.15) is 16.8 Å². The largest absolute Gasteiger partial charge is 0.478 e. The molecule has 0 radical (unpaired) electrons. The van der Waals surface area contributed by atoms with Crippen LogP contribution in [0.2, 0.25) is 5.02 Å². The molecule has 100 valence electrons. The van der Waals surface area contributed by atoms with Gasteiger partial charge in [-0.3, -0.25) is 0 Å². The molecule has 0 fully saturated rings. The second kappa shape index (κ2) is 5.48. The number of carboxylic acid groups (broad SMARTS) is 1. The zero-order valence-electron chi connectivity index (χ0n) is 9.46. The van der Waals surface area contributed by atoms with Crippen molar-refractivity contribution in [3.8, 4) is 0 Å². The first kappa shape index (κ1) is 14.6. The van der Waals surface area contributed by atoms with E-state index in [1.165, 1.54) is 30.1 Å². The number of halogens is 4. The molecule has 1 rings (SSSR count). The summed E-state index contributed by atoms with van der Waals surface area (Å²) in [5.41, 5.74) is 0.360. The van der Waals surface area contributed by atoms with Gasteiger partial charge in [-0.15, -0.1) is 0 Å². The van der Waals surface area contributed by atoms with Crippen molar-refractivity contribution >= 4 is 23.3 Å². The van der Waals surface area contributed by atoms with E-state index in [1.54, 1.807) is 0 Å². The Hall–Kier alpha value is -1.43. The molecule has 1 aromatic rings. The minimum atomic E-state index is -4.23. The second-order valence-electron chi connectivity index (χ2n) is 3.76. The van der Waals surface area contributed by atoms with Crippen LogP contribution in [-0.2, 0) is 0 Å². The summed E-state index contributed by atoms with van der Waals surface area (Å²) in [6.45, 7) is -0.240. The monoisotopic (exact) mass is 281 g/mol. The Kier molecular flexibility index (Phi) is 4.45. The Bertz CT molecular complexity index is 448. The zero-order chi connectivity index (χ0) is 13.9. The van der Waals surface area contributed by atoms with Gasteiger partial charge in [-0.1, -0.05) is 11.6 Å². The Labute approximate surface area is 107 Å². The van der Waals surface area contributed by atoms with E-state index in [0.717, 1.165) is 0 Å². The molecule has 1 aromatic carbocycles.